The van der Waals surface area contributed by atoms with Crippen LogP contribution in [0.4, 0.5) is 0 Å². The van der Waals surface area contributed by atoms with Crippen LogP contribution in [0.5, 0.6) is 5.75 Å². The number of carbonyl (C=O) groups excluding carboxylic acids is 3. The molecule has 15 nitrogen and oxygen atoms in total. The number of hydrogen-bond donors (Lipinski definition) is 9. The maximum atomic E-state index is 13.6. The molecule has 0 aromatic heterocycles. The number of amides is 3. The third-order valence-corrected chi connectivity index (χ3v) is 6.20. The van der Waals surface area contributed by atoms with Crippen molar-refractivity contribution in [1.82, 2.24) is 16.0 Å². The lowest BCUT2D eigenvalue weighted by molar-refractivity contribution is -0.141. The molecule has 0 saturated carbocycles. The monoisotopic (exact) mass is 597 g/mol. The van der Waals surface area contributed by atoms with Gasteiger partial charge in [0.1, 0.15) is 29.9 Å². The van der Waals surface area contributed by atoms with Crippen LogP contribution >= 0.6 is 0 Å². The fourth-order valence-corrected chi connectivity index (χ4v) is 3.98. The lowest BCUT2D eigenvalue weighted by Gasteiger charge is -2.25. The van der Waals surface area contributed by atoms with Crippen molar-refractivity contribution < 1.29 is 29.4 Å². The van der Waals surface area contributed by atoms with Gasteiger partial charge < -0.3 is 49.1 Å². The topological polar surface area (TPSA) is 274 Å². The van der Waals surface area contributed by atoms with E-state index in [-0.39, 0.29) is 49.9 Å². The number of rotatable bonds is 16. The Morgan fingerprint density at radius 3 is 1.93 bits per heavy atom. The van der Waals surface area contributed by atoms with Crippen LogP contribution in [0.25, 0.3) is 0 Å². The van der Waals surface area contributed by atoms with E-state index in [1.54, 1.807) is 42.5 Å². The molecule has 0 spiro atoms. The number of carboxylic acids is 1. The number of guanidine groups is 2. The van der Waals surface area contributed by atoms with Gasteiger partial charge in [-0.25, -0.2) is 4.99 Å². The van der Waals surface area contributed by atoms with Crippen molar-refractivity contribution in [3.8, 4) is 5.75 Å². The predicted molar refractivity (Wildman–Crippen MR) is 161 cm³/mol. The zero-order valence-electron chi connectivity index (χ0n) is 23.8. The molecule has 0 bridgehead atoms. The summed E-state index contributed by atoms with van der Waals surface area (Å²) in [5.74, 6) is -3.79. The third-order valence-electron chi connectivity index (χ3n) is 6.20. The SMILES string of the molecule is C[C@H](NC(=O)[C@H](Cc1ccccc1)NC(=O)[C@@H](CCCN=C(N)N)NC(=O)[C@H](Cc1ccc(O)cc1)N=C(N)N)C(=O)O. The van der Waals surface area contributed by atoms with E-state index in [2.05, 4.69) is 25.9 Å². The van der Waals surface area contributed by atoms with Crippen molar-refractivity contribution in [2.24, 2.45) is 32.9 Å². The first-order valence-corrected chi connectivity index (χ1v) is 13.5. The van der Waals surface area contributed by atoms with Crippen LogP contribution < -0.4 is 38.9 Å². The minimum atomic E-state index is -1.25. The molecular weight excluding hydrogens is 558 g/mol. The van der Waals surface area contributed by atoms with Gasteiger partial charge in [-0.2, -0.15) is 0 Å². The lowest BCUT2D eigenvalue weighted by atomic mass is 10.0. The number of benzene rings is 2. The standard InChI is InChI=1S/C28H39N9O6/c1-16(26(42)43)34-24(40)21(14-17-6-3-2-4-7-17)36-23(39)20(8-5-13-33-27(29)30)35-25(41)22(37-28(31)32)15-18-9-11-19(38)12-10-18/h2-4,6-7,9-12,16,20-22,38H,5,8,13-15H2,1H3,(H,34,40)(H,35,41)(H,36,39)(H,42,43)(H4,29,30,33)(H4,31,32,37)/t16-,20+,21-,22-/m0/s1. The summed E-state index contributed by atoms with van der Waals surface area (Å²) in [4.78, 5) is 59.2. The van der Waals surface area contributed by atoms with Gasteiger partial charge >= 0.3 is 5.97 Å². The molecule has 2 rings (SSSR count). The molecule has 4 atom stereocenters. The zero-order valence-corrected chi connectivity index (χ0v) is 23.8. The van der Waals surface area contributed by atoms with Gasteiger partial charge in [0.15, 0.2) is 11.9 Å². The van der Waals surface area contributed by atoms with Gasteiger partial charge in [-0.15, -0.1) is 0 Å². The Balaban J connectivity index is 2.31. The normalized spacial score (nSPS) is 13.3. The van der Waals surface area contributed by atoms with Crippen LogP contribution in [0.3, 0.4) is 0 Å². The van der Waals surface area contributed by atoms with Gasteiger partial charge in [-0.05, 0) is 43.0 Å². The number of aliphatic carboxylic acids is 1. The van der Waals surface area contributed by atoms with Crippen molar-refractivity contribution in [3.63, 3.8) is 0 Å². The Kier molecular flexibility index (Phi) is 13.2. The molecule has 3 amide bonds. The average Bonchev–Trinajstić information content (AvgIpc) is 2.95. The highest BCUT2D eigenvalue weighted by Gasteiger charge is 2.30. The van der Waals surface area contributed by atoms with Crippen LogP contribution in [-0.4, -0.2) is 76.5 Å². The van der Waals surface area contributed by atoms with Gasteiger partial charge in [0.2, 0.25) is 17.7 Å². The Hall–Kier alpha value is -5.34. The molecule has 232 valence electrons. The van der Waals surface area contributed by atoms with E-state index in [0.717, 1.165) is 0 Å². The number of hydrogen-bond acceptors (Lipinski definition) is 7. The van der Waals surface area contributed by atoms with E-state index in [4.69, 9.17) is 22.9 Å². The summed E-state index contributed by atoms with van der Waals surface area (Å²) in [6.45, 7) is 1.46. The summed E-state index contributed by atoms with van der Waals surface area (Å²) >= 11 is 0. The molecular formula is C28H39N9O6. The molecule has 0 unspecified atom stereocenters. The van der Waals surface area contributed by atoms with E-state index in [1.165, 1.54) is 19.1 Å². The third kappa shape index (κ3) is 12.4. The molecule has 43 heavy (non-hydrogen) atoms. The van der Waals surface area contributed by atoms with Crippen LogP contribution in [0.1, 0.15) is 30.9 Å². The van der Waals surface area contributed by atoms with Crippen molar-refractivity contribution in [2.75, 3.05) is 6.54 Å². The molecule has 15 heteroatoms. The van der Waals surface area contributed by atoms with Crippen LogP contribution in [0, 0.1) is 0 Å². The molecule has 0 aliphatic heterocycles. The van der Waals surface area contributed by atoms with Gasteiger partial charge in [-0.1, -0.05) is 42.5 Å². The molecule has 2 aromatic rings. The highest BCUT2D eigenvalue weighted by Crippen LogP contribution is 2.13. The highest BCUT2D eigenvalue weighted by molar-refractivity contribution is 5.94. The largest absolute Gasteiger partial charge is 0.508 e. The molecule has 0 fully saturated rings. The van der Waals surface area contributed by atoms with Crippen molar-refractivity contribution in [1.29, 1.82) is 0 Å². The quantitative estimate of drug-likeness (QED) is 0.0609. The van der Waals surface area contributed by atoms with Crippen molar-refractivity contribution in [2.45, 2.75) is 56.8 Å². The molecule has 13 N–H and O–H groups in total. The molecule has 0 radical (unpaired) electrons. The Labute approximate surface area is 248 Å². The summed E-state index contributed by atoms with van der Waals surface area (Å²) in [5, 5.41) is 26.5. The van der Waals surface area contributed by atoms with Crippen molar-refractivity contribution >= 4 is 35.6 Å². The fourth-order valence-electron chi connectivity index (χ4n) is 3.98. The number of nitrogens with one attached hydrogen (secondary N) is 3. The van der Waals surface area contributed by atoms with Crippen molar-refractivity contribution in [3.05, 3.63) is 65.7 Å². The van der Waals surface area contributed by atoms with Crippen LogP contribution in [0.15, 0.2) is 64.6 Å². The number of nitrogens with zero attached hydrogens (tertiary/aromatic N) is 2. The smallest absolute Gasteiger partial charge is 0.325 e. The lowest BCUT2D eigenvalue weighted by Crippen LogP contribution is -2.57. The van der Waals surface area contributed by atoms with Gasteiger partial charge in [0, 0.05) is 19.4 Å². The maximum Gasteiger partial charge on any atom is 0.325 e. The highest BCUT2D eigenvalue weighted by atomic mass is 16.4. The first-order chi connectivity index (χ1) is 20.3. The van der Waals surface area contributed by atoms with Gasteiger partial charge in [-0.3, -0.25) is 24.2 Å². The van der Waals surface area contributed by atoms with Crippen LogP contribution in [-0.2, 0) is 32.0 Å². The van der Waals surface area contributed by atoms with Gasteiger partial charge in [0.25, 0.3) is 0 Å². The summed E-state index contributed by atoms with van der Waals surface area (Å²) in [7, 11) is 0. The Bertz CT molecular complexity index is 1290. The number of aromatic hydroxyl groups is 1. The minimum absolute atomic E-state index is 0.0379. The second-order valence-electron chi connectivity index (χ2n) is 9.77. The van der Waals surface area contributed by atoms with Crippen LogP contribution in [0.2, 0.25) is 0 Å². The number of carboxylic acid groups (broad SMARTS) is 1. The van der Waals surface area contributed by atoms with E-state index < -0.39 is 47.9 Å². The summed E-state index contributed by atoms with van der Waals surface area (Å²) in [6.07, 6.45) is 0.468. The number of carbonyl (C=O) groups is 4. The molecule has 0 heterocycles. The first-order valence-electron chi connectivity index (χ1n) is 13.5. The number of phenolic OH excluding ortho intramolecular Hbond substituents is 1. The fraction of sp³-hybridized carbons (Fsp3) is 0.357. The average molecular weight is 598 g/mol. The van der Waals surface area contributed by atoms with E-state index >= 15 is 0 Å². The molecule has 0 aliphatic rings. The predicted octanol–water partition coefficient (Wildman–Crippen LogP) is -1.57. The summed E-state index contributed by atoms with van der Waals surface area (Å²) < 4.78 is 0. The summed E-state index contributed by atoms with van der Waals surface area (Å²) in [6, 6.07) is 10.2. The van der Waals surface area contributed by atoms with E-state index in [1.807, 2.05) is 0 Å². The molecule has 0 saturated heterocycles. The Morgan fingerprint density at radius 1 is 0.767 bits per heavy atom. The number of nitrogens with two attached hydrogens (primary N) is 4. The van der Waals surface area contributed by atoms with E-state index in [0.29, 0.717) is 11.1 Å². The number of phenols is 1. The second-order valence-corrected chi connectivity index (χ2v) is 9.77. The Morgan fingerprint density at radius 2 is 1.35 bits per heavy atom. The maximum absolute atomic E-state index is 13.6. The first kappa shape index (κ1) is 33.9. The molecule has 0 aliphatic carbocycles. The minimum Gasteiger partial charge on any atom is -0.508 e. The van der Waals surface area contributed by atoms with Gasteiger partial charge in [0.05, 0.1) is 0 Å². The molecule has 2 aromatic carbocycles. The van der Waals surface area contributed by atoms with E-state index in [9.17, 15) is 29.4 Å². The number of aliphatic imine (C=N–C) groups is 2. The summed E-state index contributed by atoms with van der Waals surface area (Å²) in [5.41, 5.74) is 23.3. The second kappa shape index (κ2) is 16.8. The zero-order chi connectivity index (χ0) is 31.9.